The number of benzene rings is 3. The fraction of sp³-hybridized carbons (Fsp3) is 0.214. The number of rotatable bonds is 9. The number of hydrazone groups is 1. The van der Waals surface area contributed by atoms with E-state index in [9.17, 15) is 14.4 Å². The number of anilines is 2. The zero-order chi connectivity index (χ0) is 27.7. The second-order valence-electron chi connectivity index (χ2n) is 8.41. The molecular weight excluding hydrogens is 488 g/mol. The number of amides is 3. The van der Waals surface area contributed by atoms with Crippen LogP contribution in [-0.2, 0) is 14.4 Å². The Labute approximate surface area is 221 Å². The minimum Gasteiger partial charge on any atom is -0.497 e. The van der Waals surface area contributed by atoms with Crippen molar-refractivity contribution in [2.45, 2.75) is 20.8 Å². The molecule has 0 radical (unpaired) electrons. The van der Waals surface area contributed by atoms with Gasteiger partial charge >= 0.3 is 11.8 Å². The standard InChI is InChI=1S/C28H30N4O6/c1-17-11-18(2)26(19(3)12-17)31-25(33)16-38-23-10-9-20(13-24(23)37-5)15-29-32-28(35)27(34)30-21-7-6-8-22(14-21)36-4/h6-15H,16H2,1-5H3,(H,30,34)(H,31,33)(H,32,35). The molecule has 0 aromatic heterocycles. The number of carbonyl (C=O) groups is 3. The largest absolute Gasteiger partial charge is 0.497 e. The monoisotopic (exact) mass is 518 g/mol. The van der Waals surface area contributed by atoms with Gasteiger partial charge in [-0.2, -0.15) is 5.10 Å². The number of ether oxygens (including phenoxy) is 3. The predicted octanol–water partition coefficient (Wildman–Crippen LogP) is 3.74. The van der Waals surface area contributed by atoms with E-state index in [-0.39, 0.29) is 12.5 Å². The third-order valence-corrected chi connectivity index (χ3v) is 5.40. The van der Waals surface area contributed by atoms with E-state index in [1.54, 1.807) is 42.5 Å². The first kappa shape index (κ1) is 27.7. The lowest BCUT2D eigenvalue weighted by molar-refractivity contribution is -0.136. The molecule has 0 fully saturated rings. The summed E-state index contributed by atoms with van der Waals surface area (Å²) in [7, 11) is 2.97. The van der Waals surface area contributed by atoms with Crippen LogP contribution in [0.3, 0.4) is 0 Å². The lowest BCUT2D eigenvalue weighted by atomic mass is 10.1. The Morgan fingerprint density at radius 2 is 1.58 bits per heavy atom. The van der Waals surface area contributed by atoms with Crippen LogP contribution in [0.25, 0.3) is 0 Å². The van der Waals surface area contributed by atoms with Crippen LogP contribution in [0, 0.1) is 20.8 Å². The Morgan fingerprint density at radius 1 is 0.842 bits per heavy atom. The van der Waals surface area contributed by atoms with Crippen molar-refractivity contribution in [3.05, 3.63) is 76.9 Å². The Bertz CT molecular complexity index is 1350. The van der Waals surface area contributed by atoms with Crippen molar-refractivity contribution in [3.8, 4) is 17.2 Å². The van der Waals surface area contributed by atoms with Gasteiger partial charge in [0.15, 0.2) is 18.1 Å². The van der Waals surface area contributed by atoms with Crippen molar-refractivity contribution in [2.75, 3.05) is 31.5 Å². The maximum Gasteiger partial charge on any atom is 0.329 e. The predicted molar refractivity (Wildman–Crippen MR) is 145 cm³/mol. The molecule has 38 heavy (non-hydrogen) atoms. The molecule has 0 heterocycles. The van der Waals surface area contributed by atoms with Gasteiger partial charge in [0.1, 0.15) is 5.75 Å². The molecule has 0 unspecified atom stereocenters. The van der Waals surface area contributed by atoms with Crippen molar-refractivity contribution in [2.24, 2.45) is 5.10 Å². The quantitative estimate of drug-likeness (QED) is 0.225. The van der Waals surface area contributed by atoms with Gasteiger partial charge in [0, 0.05) is 17.4 Å². The fourth-order valence-corrected chi connectivity index (χ4v) is 3.68. The molecule has 198 valence electrons. The second-order valence-corrected chi connectivity index (χ2v) is 8.41. The molecular formula is C28H30N4O6. The molecule has 3 aromatic carbocycles. The molecule has 3 amide bonds. The average Bonchev–Trinajstić information content (AvgIpc) is 2.89. The van der Waals surface area contributed by atoms with E-state index >= 15 is 0 Å². The van der Waals surface area contributed by atoms with E-state index in [1.165, 1.54) is 20.4 Å². The summed E-state index contributed by atoms with van der Waals surface area (Å²) >= 11 is 0. The van der Waals surface area contributed by atoms with Gasteiger partial charge in [-0.1, -0.05) is 23.8 Å². The molecule has 0 bridgehead atoms. The van der Waals surface area contributed by atoms with Crippen LogP contribution in [0.2, 0.25) is 0 Å². The summed E-state index contributed by atoms with van der Waals surface area (Å²) in [5.74, 6) is -0.861. The number of carbonyl (C=O) groups excluding carboxylic acids is 3. The molecule has 0 aliphatic carbocycles. The summed E-state index contributed by atoms with van der Waals surface area (Å²) in [6.45, 7) is 5.67. The summed E-state index contributed by atoms with van der Waals surface area (Å²) in [6.07, 6.45) is 1.35. The fourth-order valence-electron chi connectivity index (χ4n) is 3.68. The van der Waals surface area contributed by atoms with Crippen molar-refractivity contribution < 1.29 is 28.6 Å². The number of methoxy groups -OCH3 is 2. The normalized spacial score (nSPS) is 10.6. The molecule has 10 heteroatoms. The van der Waals surface area contributed by atoms with Crippen LogP contribution < -0.4 is 30.3 Å². The van der Waals surface area contributed by atoms with Crippen LogP contribution in [-0.4, -0.2) is 44.8 Å². The first-order valence-electron chi connectivity index (χ1n) is 11.7. The van der Waals surface area contributed by atoms with Gasteiger partial charge in [-0.05, 0) is 67.8 Å². The van der Waals surface area contributed by atoms with E-state index in [0.717, 1.165) is 22.4 Å². The van der Waals surface area contributed by atoms with Crippen LogP contribution in [0.15, 0.2) is 59.7 Å². The summed E-state index contributed by atoms with van der Waals surface area (Å²) in [5.41, 5.74) is 6.98. The number of nitrogens with one attached hydrogen (secondary N) is 3. The molecule has 0 saturated heterocycles. The lowest BCUT2D eigenvalue weighted by Crippen LogP contribution is -2.32. The average molecular weight is 519 g/mol. The summed E-state index contributed by atoms with van der Waals surface area (Å²) in [6, 6.07) is 15.5. The topological polar surface area (TPSA) is 127 Å². The zero-order valence-corrected chi connectivity index (χ0v) is 21.9. The first-order valence-corrected chi connectivity index (χ1v) is 11.7. The van der Waals surface area contributed by atoms with Crippen molar-refractivity contribution >= 4 is 35.3 Å². The molecule has 3 rings (SSSR count). The molecule has 3 N–H and O–H groups in total. The summed E-state index contributed by atoms with van der Waals surface area (Å²) in [5, 5.41) is 9.17. The first-order chi connectivity index (χ1) is 18.2. The van der Waals surface area contributed by atoms with Gasteiger partial charge < -0.3 is 24.8 Å². The summed E-state index contributed by atoms with van der Waals surface area (Å²) in [4.78, 5) is 36.6. The highest BCUT2D eigenvalue weighted by Crippen LogP contribution is 2.28. The molecule has 10 nitrogen and oxygen atoms in total. The zero-order valence-electron chi connectivity index (χ0n) is 21.9. The van der Waals surface area contributed by atoms with Crippen LogP contribution in [0.4, 0.5) is 11.4 Å². The highest BCUT2D eigenvalue weighted by atomic mass is 16.5. The van der Waals surface area contributed by atoms with E-state index in [0.29, 0.717) is 28.5 Å². The highest BCUT2D eigenvalue weighted by molar-refractivity contribution is 6.39. The Hall–Kier alpha value is -4.86. The molecule has 0 saturated carbocycles. The van der Waals surface area contributed by atoms with Gasteiger partial charge in [-0.3, -0.25) is 14.4 Å². The van der Waals surface area contributed by atoms with E-state index in [2.05, 4.69) is 21.2 Å². The Balaban J connectivity index is 1.55. The van der Waals surface area contributed by atoms with Crippen LogP contribution in [0.1, 0.15) is 22.3 Å². The van der Waals surface area contributed by atoms with Gasteiger partial charge in [0.05, 0.1) is 20.4 Å². The molecule has 0 atom stereocenters. The minimum atomic E-state index is -0.943. The van der Waals surface area contributed by atoms with E-state index < -0.39 is 11.8 Å². The molecule has 3 aromatic rings. The maximum atomic E-state index is 12.5. The molecule has 0 aliphatic heterocycles. The molecule has 0 spiro atoms. The third kappa shape index (κ3) is 7.57. The molecule has 0 aliphatic rings. The van der Waals surface area contributed by atoms with E-state index in [4.69, 9.17) is 14.2 Å². The number of aryl methyl sites for hydroxylation is 3. The van der Waals surface area contributed by atoms with Gasteiger partial charge in [-0.25, -0.2) is 5.43 Å². The van der Waals surface area contributed by atoms with Gasteiger partial charge in [0.2, 0.25) is 0 Å². The smallest absolute Gasteiger partial charge is 0.329 e. The second kappa shape index (κ2) is 12.9. The Kier molecular flexibility index (Phi) is 9.42. The van der Waals surface area contributed by atoms with Crippen LogP contribution >= 0.6 is 0 Å². The SMILES string of the molecule is COc1cccc(NC(=O)C(=O)NN=Cc2ccc(OCC(=O)Nc3c(C)cc(C)cc3C)c(OC)c2)c1. The maximum absolute atomic E-state index is 12.5. The highest BCUT2D eigenvalue weighted by Gasteiger charge is 2.14. The van der Waals surface area contributed by atoms with Crippen molar-refractivity contribution in [1.29, 1.82) is 0 Å². The number of hydrogen-bond donors (Lipinski definition) is 3. The number of hydrogen-bond acceptors (Lipinski definition) is 7. The third-order valence-electron chi connectivity index (χ3n) is 5.40. The minimum absolute atomic E-state index is 0.213. The van der Waals surface area contributed by atoms with Crippen molar-refractivity contribution in [3.63, 3.8) is 0 Å². The summed E-state index contributed by atoms with van der Waals surface area (Å²) < 4.78 is 16.1. The Morgan fingerprint density at radius 3 is 2.26 bits per heavy atom. The van der Waals surface area contributed by atoms with E-state index in [1.807, 2.05) is 32.9 Å². The van der Waals surface area contributed by atoms with Crippen molar-refractivity contribution in [1.82, 2.24) is 5.43 Å². The van der Waals surface area contributed by atoms with Gasteiger partial charge in [0.25, 0.3) is 5.91 Å². The lowest BCUT2D eigenvalue weighted by Gasteiger charge is -2.14. The number of nitrogens with zero attached hydrogens (tertiary/aromatic N) is 1. The van der Waals surface area contributed by atoms with Gasteiger partial charge in [-0.15, -0.1) is 0 Å². The van der Waals surface area contributed by atoms with Crippen LogP contribution in [0.5, 0.6) is 17.2 Å².